The summed E-state index contributed by atoms with van der Waals surface area (Å²) in [6.45, 7) is 2.11. The third-order valence-electron chi connectivity index (χ3n) is 1.06. The minimum atomic E-state index is 0.138. The number of thiol groups is 1. The molecule has 0 atom stereocenters. The molecule has 0 unspecified atom stereocenters. The molecule has 0 spiro atoms. The van der Waals surface area contributed by atoms with Crippen LogP contribution in [0.3, 0.4) is 0 Å². The zero-order valence-electron chi connectivity index (χ0n) is 5.04. The highest BCUT2D eigenvalue weighted by molar-refractivity contribution is 8.22. The minimum Gasteiger partial charge on any atom is -0.213 e. The van der Waals surface area contributed by atoms with Crippen LogP contribution in [0.2, 0.25) is 0 Å². The second-order valence-corrected chi connectivity index (χ2v) is 3.78. The van der Waals surface area contributed by atoms with E-state index in [1.165, 1.54) is 5.75 Å². The van der Waals surface area contributed by atoms with Gasteiger partial charge in [-0.25, -0.2) is 10.9 Å². The van der Waals surface area contributed by atoms with Crippen molar-refractivity contribution in [3.8, 4) is 0 Å². The molecule has 1 heterocycles. The molecule has 0 aliphatic carbocycles. The average molecular weight is 127 g/mol. The van der Waals surface area contributed by atoms with Crippen LogP contribution >= 0.6 is 10.9 Å². The molecule has 1 rings (SSSR count). The Balaban J connectivity index is 2.27. The lowest BCUT2D eigenvalue weighted by Crippen LogP contribution is -1.76. The summed E-state index contributed by atoms with van der Waals surface area (Å²) in [6.07, 6.45) is 6.50. The van der Waals surface area contributed by atoms with Crippen LogP contribution in [0.4, 0.5) is 0 Å². The van der Waals surface area contributed by atoms with Gasteiger partial charge in [-0.05, 0) is 23.0 Å². The van der Waals surface area contributed by atoms with Crippen LogP contribution in [-0.2, 0) is 0 Å². The number of rotatable bonds is 2. The van der Waals surface area contributed by atoms with Gasteiger partial charge in [0.2, 0.25) is 0 Å². The minimum absolute atomic E-state index is 0.138. The first-order chi connectivity index (χ1) is 3.93. The van der Waals surface area contributed by atoms with Crippen LogP contribution in [0.25, 0.3) is 0 Å². The van der Waals surface area contributed by atoms with Gasteiger partial charge < -0.3 is 0 Å². The van der Waals surface area contributed by atoms with Gasteiger partial charge in [-0.1, -0.05) is 19.1 Å². The zero-order chi connectivity index (χ0) is 5.82. The molecule has 0 nitrogen and oxygen atoms in total. The Kier molecular flexibility index (Phi) is 2.22. The average Bonchev–Trinajstić information content (AvgIpc) is 2.19. The van der Waals surface area contributed by atoms with Gasteiger partial charge in [0, 0.05) is 0 Å². The SMILES string of the molecule is C[CH]C[SH]1C=CC=C1. The van der Waals surface area contributed by atoms with E-state index < -0.39 is 0 Å². The first-order valence-corrected chi connectivity index (χ1v) is 4.48. The predicted molar refractivity (Wildman–Crippen MR) is 42.1 cm³/mol. The second kappa shape index (κ2) is 2.98. The Morgan fingerprint density at radius 2 is 2.00 bits per heavy atom. The van der Waals surface area contributed by atoms with Crippen molar-refractivity contribution in [1.82, 2.24) is 0 Å². The normalized spacial score (nSPS) is 20.4. The third-order valence-corrected chi connectivity index (χ3v) is 2.96. The molecule has 0 aromatic rings. The predicted octanol–water partition coefficient (Wildman–Crippen LogP) is 2.25. The second-order valence-electron chi connectivity index (χ2n) is 1.79. The molecule has 0 N–H and O–H groups in total. The van der Waals surface area contributed by atoms with Crippen LogP contribution in [0.1, 0.15) is 6.92 Å². The van der Waals surface area contributed by atoms with Gasteiger partial charge in [-0.15, -0.1) is 0 Å². The van der Waals surface area contributed by atoms with Crippen molar-refractivity contribution in [3.05, 3.63) is 29.4 Å². The van der Waals surface area contributed by atoms with E-state index in [1.807, 2.05) is 0 Å². The fourth-order valence-electron chi connectivity index (χ4n) is 0.703. The molecule has 1 aliphatic rings. The van der Waals surface area contributed by atoms with Gasteiger partial charge in [-0.2, -0.15) is 0 Å². The highest BCUT2D eigenvalue weighted by Gasteiger charge is 1.94. The third kappa shape index (κ3) is 1.41. The molecule has 0 saturated heterocycles. The Morgan fingerprint density at radius 3 is 2.50 bits per heavy atom. The summed E-state index contributed by atoms with van der Waals surface area (Å²) in [5, 5.41) is 4.57. The van der Waals surface area contributed by atoms with Crippen LogP contribution < -0.4 is 0 Å². The van der Waals surface area contributed by atoms with Gasteiger partial charge in [0.25, 0.3) is 0 Å². The lowest BCUT2D eigenvalue weighted by Gasteiger charge is -2.04. The maximum absolute atomic E-state index is 2.29. The molecule has 0 aromatic heterocycles. The van der Waals surface area contributed by atoms with E-state index in [0.717, 1.165) is 0 Å². The topological polar surface area (TPSA) is 0 Å². The van der Waals surface area contributed by atoms with Crippen molar-refractivity contribution in [3.63, 3.8) is 0 Å². The molecule has 1 radical (unpaired) electrons. The van der Waals surface area contributed by atoms with E-state index in [0.29, 0.717) is 0 Å². The maximum atomic E-state index is 2.29. The fourth-order valence-corrected chi connectivity index (χ4v) is 2.11. The number of allylic oxidation sites excluding steroid dienone is 2. The van der Waals surface area contributed by atoms with Crippen molar-refractivity contribution in [2.45, 2.75) is 6.92 Å². The monoisotopic (exact) mass is 127 g/mol. The number of hydrogen-bond donors (Lipinski definition) is 1. The Bertz CT molecular complexity index is 102. The van der Waals surface area contributed by atoms with E-state index in [9.17, 15) is 0 Å². The smallest absolute Gasteiger partial charge is 0.0156 e. The maximum Gasteiger partial charge on any atom is -0.0156 e. The molecule has 45 valence electrons. The van der Waals surface area contributed by atoms with E-state index in [1.54, 1.807) is 0 Å². The summed E-state index contributed by atoms with van der Waals surface area (Å²) >= 11 is 0. The largest absolute Gasteiger partial charge is 0.213 e. The molecular weight excluding hydrogens is 116 g/mol. The first kappa shape index (κ1) is 5.96. The first-order valence-electron chi connectivity index (χ1n) is 2.82. The summed E-state index contributed by atoms with van der Waals surface area (Å²) in [5.74, 6) is 1.25. The molecule has 0 saturated carbocycles. The van der Waals surface area contributed by atoms with Crippen LogP contribution in [0, 0.1) is 6.42 Å². The lowest BCUT2D eigenvalue weighted by molar-refractivity contribution is 1.43. The summed E-state index contributed by atoms with van der Waals surface area (Å²) in [5.41, 5.74) is 0. The lowest BCUT2D eigenvalue weighted by atomic mass is 10.6. The Morgan fingerprint density at radius 1 is 1.38 bits per heavy atom. The Labute approximate surface area is 53.6 Å². The van der Waals surface area contributed by atoms with E-state index in [2.05, 4.69) is 36.3 Å². The molecule has 0 fully saturated rings. The van der Waals surface area contributed by atoms with Crippen LogP contribution in [-0.4, -0.2) is 5.75 Å². The van der Waals surface area contributed by atoms with Crippen LogP contribution in [0.15, 0.2) is 23.0 Å². The fraction of sp³-hybridized carbons (Fsp3) is 0.286. The molecule has 1 heteroatoms. The molecule has 0 aromatic carbocycles. The summed E-state index contributed by atoms with van der Waals surface area (Å²) in [7, 11) is 0.138. The molecule has 1 aliphatic heterocycles. The quantitative estimate of drug-likeness (QED) is 0.540. The summed E-state index contributed by atoms with van der Waals surface area (Å²) < 4.78 is 0. The highest BCUT2D eigenvalue weighted by atomic mass is 32.2. The van der Waals surface area contributed by atoms with Crippen molar-refractivity contribution in [2.75, 3.05) is 5.75 Å². The molecule has 0 amide bonds. The van der Waals surface area contributed by atoms with Gasteiger partial charge >= 0.3 is 0 Å². The molecular formula is C7H11S. The van der Waals surface area contributed by atoms with Crippen molar-refractivity contribution in [1.29, 1.82) is 0 Å². The Hall–Kier alpha value is -0.170. The molecule has 8 heavy (non-hydrogen) atoms. The van der Waals surface area contributed by atoms with Crippen molar-refractivity contribution < 1.29 is 0 Å². The zero-order valence-corrected chi connectivity index (χ0v) is 5.94. The standard InChI is InChI=1S/C7H11S/c1-2-5-8-6-3-4-7-8/h2-4,6-8H,5H2,1H3. The van der Waals surface area contributed by atoms with E-state index in [4.69, 9.17) is 0 Å². The summed E-state index contributed by atoms with van der Waals surface area (Å²) in [6, 6.07) is 0. The van der Waals surface area contributed by atoms with E-state index in [-0.39, 0.29) is 10.9 Å². The van der Waals surface area contributed by atoms with Gasteiger partial charge in [0.15, 0.2) is 0 Å². The number of hydrogen-bond acceptors (Lipinski definition) is 0. The van der Waals surface area contributed by atoms with Crippen molar-refractivity contribution in [2.24, 2.45) is 0 Å². The van der Waals surface area contributed by atoms with Gasteiger partial charge in [0.1, 0.15) is 0 Å². The van der Waals surface area contributed by atoms with Crippen molar-refractivity contribution >= 4 is 10.9 Å². The van der Waals surface area contributed by atoms with E-state index >= 15 is 0 Å². The molecule has 0 bridgehead atoms. The van der Waals surface area contributed by atoms with Gasteiger partial charge in [-0.3, -0.25) is 0 Å². The summed E-state index contributed by atoms with van der Waals surface area (Å²) in [4.78, 5) is 0. The van der Waals surface area contributed by atoms with Gasteiger partial charge in [0.05, 0.1) is 0 Å². The highest BCUT2D eigenvalue weighted by Crippen LogP contribution is 2.32. The van der Waals surface area contributed by atoms with Crippen LogP contribution in [0.5, 0.6) is 0 Å².